The van der Waals surface area contributed by atoms with Gasteiger partial charge in [0.25, 0.3) is 0 Å². The van der Waals surface area contributed by atoms with Crippen LogP contribution in [0.4, 0.5) is 0 Å². The second kappa shape index (κ2) is 4.17. The summed E-state index contributed by atoms with van der Waals surface area (Å²) < 4.78 is 8.47. The number of benzene rings is 3. The maximum atomic E-state index is 6.16. The van der Waals surface area contributed by atoms with Crippen molar-refractivity contribution in [3.05, 3.63) is 59.7 Å². The molecule has 0 fully saturated rings. The van der Waals surface area contributed by atoms with Crippen LogP contribution in [-0.2, 0) is 7.05 Å². The zero-order chi connectivity index (χ0) is 15.7. The van der Waals surface area contributed by atoms with Crippen molar-refractivity contribution in [2.45, 2.75) is 13.8 Å². The van der Waals surface area contributed by atoms with E-state index >= 15 is 0 Å². The van der Waals surface area contributed by atoms with E-state index in [1.807, 2.05) is 12.1 Å². The highest BCUT2D eigenvalue weighted by Gasteiger charge is 2.17. The van der Waals surface area contributed by atoms with Crippen molar-refractivity contribution < 1.29 is 4.42 Å². The predicted octanol–water partition coefficient (Wildman–Crippen LogP) is 5.85. The Morgan fingerprint density at radius 3 is 2.43 bits per heavy atom. The summed E-state index contributed by atoms with van der Waals surface area (Å²) in [5.41, 5.74) is 7.06. The number of hydrogen-bond donors (Lipinski definition) is 0. The number of hydrogen-bond acceptors (Lipinski definition) is 1. The Kier molecular flexibility index (Phi) is 2.31. The molecule has 0 bridgehead atoms. The summed E-state index contributed by atoms with van der Waals surface area (Å²) in [5.74, 6) is 0. The van der Waals surface area contributed by atoms with Crippen molar-refractivity contribution in [3.63, 3.8) is 0 Å². The van der Waals surface area contributed by atoms with Crippen LogP contribution in [0.3, 0.4) is 0 Å². The third kappa shape index (κ3) is 1.48. The third-order valence-electron chi connectivity index (χ3n) is 5.07. The van der Waals surface area contributed by atoms with Gasteiger partial charge in [0, 0.05) is 34.2 Å². The largest absolute Gasteiger partial charge is 0.456 e. The number of nitrogens with zero attached hydrogens (tertiary/aromatic N) is 1. The summed E-state index contributed by atoms with van der Waals surface area (Å²) >= 11 is 0. The van der Waals surface area contributed by atoms with Crippen molar-refractivity contribution in [1.29, 1.82) is 0 Å². The van der Waals surface area contributed by atoms with Gasteiger partial charge in [-0.05, 0) is 31.5 Å². The Hall–Kier alpha value is -2.74. The first kappa shape index (κ1) is 12.8. The van der Waals surface area contributed by atoms with Gasteiger partial charge in [0.2, 0.25) is 0 Å². The summed E-state index contributed by atoms with van der Waals surface area (Å²) in [6, 6.07) is 17.1. The molecule has 5 rings (SSSR count). The summed E-state index contributed by atoms with van der Waals surface area (Å²) in [6.07, 6.45) is 0. The fourth-order valence-electron chi connectivity index (χ4n) is 4.08. The lowest BCUT2D eigenvalue weighted by Crippen LogP contribution is -1.91. The minimum atomic E-state index is 0.960. The summed E-state index contributed by atoms with van der Waals surface area (Å²) in [7, 11) is 2.15. The van der Waals surface area contributed by atoms with Crippen LogP contribution in [-0.4, -0.2) is 4.57 Å². The maximum absolute atomic E-state index is 6.16. The van der Waals surface area contributed by atoms with Crippen LogP contribution < -0.4 is 0 Å². The minimum absolute atomic E-state index is 0.960. The van der Waals surface area contributed by atoms with Gasteiger partial charge in [-0.3, -0.25) is 0 Å². The first-order chi connectivity index (χ1) is 11.2. The fourth-order valence-corrected chi connectivity index (χ4v) is 4.08. The first-order valence-electron chi connectivity index (χ1n) is 7.95. The highest BCUT2D eigenvalue weighted by Crippen LogP contribution is 2.39. The molecule has 5 aromatic rings. The molecule has 0 spiro atoms. The van der Waals surface area contributed by atoms with Crippen molar-refractivity contribution in [3.8, 4) is 0 Å². The molecular formula is C21H17NO. The molecular weight excluding hydrogens is 282 g/mol. The lowest BCUT2D eigenvalue weighted by Gasteiger charge is -2.03. The maximum Gasteiger partial charge on any atom is 0.140 e. The molecule has 2 heterocycles. The lowest BCUT2D eigenvalue weighted by atomic mass is 10.0. The van der Waals surface area contributed by atoms with Gasteiger partial charge in [0.1, 0.15) is 11.2 Å². The molecule has 112 valence electrons. The molecule has 2 nitrogen and oxygen atoms in total. The zero-order valence-corrected chi connectivity index (χ0v) is 13.5. The van der Waals surface area contributed by atoms with Crippen LogP contribution in [0.5, 0.6) is 0 Å². The smallest absolute Gasteiger partial charge is 0.140 e. The molecule has 0 atom stereocenters. The van der Waals surface area contributed by atoms with Gasteiger partial charge < -0.3 is 8.98 Å². The molecule has 0 saturated carbocycles. The van der Waals surface area contributed by atoms with Gasteiger partial charge in [0.15, 0.2) is 0 Å². The number of rotatable bonds is 0. The standard InChI is InChI=1S/C21H17NO/c1-12-7-6-9-15-16-11-17-14-8-4-5-10-18(14)23-21(17)13(2)20(16)22(3)19(12)15/h4-11H,1-3H3. The van der Waals surface area contributed by atoms with Crippen LogP contribution in [0.25, 0.3) is 43.7 Å². The van der Waals surface area contributed by atoms with Gasteiger partial charge >= 0.3 is 0 Å². The van der Waals surface area contributed by atoms with Gasteiger partial charge in [0.05, 0.1) is 11.0 Å². The molecule has 0 unspecified atom stereocenters. The van der Waals surface area contributed by atoms with E-state index in [2.05, 4.69) is 61.9 Å². The highest BCUT2D eigenvalue weighted by molar-refractivity contribution is 6.18. The first-order valence-corrected chi connectivity index (χ1v) is 7.95. The minimum Gasteiger partial charge on any atom is -0.456 e. The molecule has 2 aromatic heterocycles. The molecule has 0 amide bonds. The van der Waals surface area contributed by atoms with E-state index in [4.69, 9.17) is 4.42 Å². The number of aryl methyl sites for hydroxylation is 3. The number of aromatic nitrogens is 1. The van der Waals surface area contributed by atoms with Gasteiger partial charge in [-0.1, -0.05) is 36.4 Å². The van der Waals surface area contributed by atoms with Crippen molar-refractivity contribution in [2.75, 3.05) is 0 Å². The van der Waals surface area contributed by atoms with E-state index in [-0.39, 0.29) is 0 Å². The average Bonchev–Trinajstić information content (AvgIpc) is 3.06. The molecule has 23 heavy (non-hydrogen) atoms. The number of para-hydroxylation sites is 2. The van der Waals surface area contributed by atoms with E-state index in [0.717, 1.165) is 11.2 Å². The Bertz CT molecular complexity index is 1240. The summed E-state index contributed by atoms with van der Waals surface area (Å²) in [5, 5.41) is 5.03. The Labute approximate surface area is 133 Å². The van der Waals surface area contributed by atoms with E-state index in [1.165, 1.54) is 43.7 Å². The molecule has 0 aliphatic heterocycles. The van der Waals surface area contributed by atoms with Gasteiger partial charge in [-0.25, -0.2) is 0 Å². The topological polar surface area (TPSA) is 18.1 Å². The van der Waals surface area contributed by atoms with Crippen molar-refractivity contribution >= 4 is 43.7 Å². The van der Waals surface area contributed by atoms with Crippen molar-refractivity contribution in [1.82, 2.24) is 4.57 Å². The molecule has 2 heteroatoms. The molecule has 0 radical (unpaired) electrons. The quantitative estimate of drug-likeness (QED) is 0.351. The van der Waals surface area contributed by atoms with E-state index in [1.54, 1.807) is 0 Å². The SMILES string of the molecule is Cc1cccc2c3cc4c(oc5ccccc54)c(C)c3n(C)c12. The van der Waals surface area contributed by atoms with Gasteiger partial charge in [-0.15, -0.1) is 0 Å². The van der Waals surface area contributed by atoms with Gasteiger partial charge in [-0.2, -0.15) is 0 Å². The number of fused-ring (bicyclic) bond motifs is 6. The number of furan rings is 1. The van der Waals surface area contributed by atoms with Crippen molar-refractivity contribution in [2.24, 2.45) is 7.05 Å². The predicted molar refractivity (Wildman–Crippen MR) is 97.2 cm³/mol. The van der Waals surface area contributed by atoms with E-state index < -0.39 is 0 Å². The molecule has 0 saturated heterocycles. The summed E-state index contributed by atoms with van der Waals surface area (Å²) in [4.78, 5) is 0. The average molecular weight is 299 g/mol. The second-order valence-corrected chi connectivity index (χ2v) is 6.40. The third-order valence-corrected chi connectivity index (χ3v) is 5.07. The Morgan fingerprint density at radius 2 is 1.57 bits per heavy atom. The molecule has 0 aliphatic carbocycles. The van der Waals surface area contributed by atoms with E-state index in [9.17, 15) is 0 Å². The van der Waals surface area contributed by atoms with Crippen LogP contribution >= 0.6 is 0 Å². The van der Waals surface area contributed by atoms with Crippen LogP contribution in [0.2, 0.25) is 0 Å². The zero-order valence-electron chi connectivity index (χ0n) is 13.5. The fraction of sp³-hybridized carbons (Fsp3) is 0.143. The van der Waals surface area contributed by atoms with Crippen LogP contribution in [0.15, 0.2) is 52.9 Å². The highest BCUT2D eigenvalue weighted by atomic mass is 16.3. The van der Waals surface area contributed by atoms with Crippen LogP contribution in [0, 0.1) is 13.8 Å². The normalized spacial score (nSPS) is 12.1. The van der Waals surface area contributed by atoms with Crippen LogP contribution in [0.1, 0.15) is 11.1 Å². The lowest BCUT2D eigenvalue weighted by molar-refractivity contribution is 0.666. The molecule has 3 aromatic carbocycles. The Balaban J connectivity index is 2.13. The molecule has 0 N–H and O–H groups in total. The second-order valence-electron chi connectivity index (χ2n) is 6.40. The molecule has 0 aliphatic rings. The monoisotopic (exact) mass is 299 g/mol. The van der Waals surface area contributed by atoms with E-state index in [0.29, 0.717) is 0 Å². The summed E-state index contributed by atoms with van der Waals surface area (Å²) in [6.45, 7) is 4.34. The Morgan fingerprint density at radius 1 is 0.783 bits per heavy atom.